The first-order valence-corrected chi connectivity index (χ1v) is 11.7. The maximum Gasteiger partial charge on any atom is 0.208 e. The summed E-state index contributed by atoms with van der Waals surface area (Å²) in [5.41, 5.74) is 1.52. The quantitative estimate of drug-likeness (QED) is 0.674. The highest BCUT2D eigenvalue weighted by Crippen LogP contribution is 2.42. The molecule has 0 radical (unpaired) electrons. The summed E-state index contributed by atoms with van der Waals surface area (Å²) in [5.74, 6) is 0.200. The van der Waals surface area contributed by atoms with E-state index in [1.54, 1.807) is 37.6 Å². The molecule has 1 aromatic heterocycles. The van der Waals surface area contributed by atoms with Crippen LogP contribution >= 0.6 is 0 Å². The molecule has 1 aliphatic heterocycles. The molecule has 1 saturated carbocycles. The first-order valence-electron chi connectivity index (χ1n) is 10.2. The van der Waals surface area contributed by atoms with Gasteiger partial charge in [0, 0.05) is 49.3 Å². The van der Waals surface area contributed by atoms with Crippen molar-refractivity contribution < 1.29 is 17.5 Å². The predicted octanol–water partition coefficient (Wildman–Crippen LogP) is 3.37. The molecule has 2 heterocycles. The van der Waals surface area contributed by atoms with Gasteiger partial charge >= 0.3 is 0 Å². The fourth-order valence-corrected chi connectivity index (χ4v) is 5.66. The highest BCUT2D eigenvalue weighted by atomic mass is 32.2. The van der Waals surface area contributed by atoms with Crippen LogP contribution in [0.15, 0.2) is 52.4 Å². The molecule has 1 aliphatic carbocycles. The molecule has 2 aromatic carbocycles. The highest BCUT2D eigenvalue weighted by Gasteiger charge is 2.31. The summed E-state index contributed by atoms with van der Waals surface area (Å²) >= 11 is 0. The Hall–Kier alpha value is -2.58. The fourth-order valence-electron chi connectivity index (χ4n) is 4.18. The molecule has 8 heteroatoms. The summed E-state index contributed by atoms with van der Waals surface area (Å²) in [6, 6.07) is 9.61. The number of benzene rings is 2. The number of nitrogens with zero attached hydrogens (tertiary/aromatic N) is 2. The van der Waals surface area contributed by atoms with Crippen LogP contribution in [0.3, 0.4) is 0 Å². The Kier molecular flexibility index (Phi) is 4.71. The van der Waals surface area contributed by atoms with Gasteiger partial charge in [-0.25, -0.2) is 12.8 Å². The summed E-state index contributed by atoms with van der Waals surface area (Å²) in [6.07, 6.45) is 3.69. The average Bonchev–Trinajstić information content (AvgIpc) is 3.54. The molecule has 0 spiro atoms. The van der Waals surface area contributed by atoms with Gasteiger partial charge in [-0.3, -0.25) is 0 Å². The van der Waals surface area contributed by atoms with Crippen molar-refractivity contribution in [3.8, 4) is 5.75 Å². The molecule has 0 unspecified atom stereocenters. The maximum atomic E-state index is 14.0. The monoisotopic (exact) mass is 429 g/mol. The highest BCUT2D eigenvalue weighted by molar-refractivity contribution is 7.91. The zero-order valence-corrected chi connectivity index (χ0v) is 17.6. The first-order chi connectivity index (χ1) is 14.5. The summed E-state index contributed by atoms with van der Waals surface area (Å²) < 4.78 is 48.8. The van der Waals surface area contributed by atoms with E-state index in [1.807, 2.05) is 4.57 Å². The summed E-state index contributed by atoms with van der Waals surface area (Å²) in [4.78, 5) is 2.47. The number of aromatic nitrogens is 1. The lowest BCUT2D eigenvalue weighted by molar-refractivity contribution is 0.412. The average molecular weight is 430 g/mol. The van der Waals surface area contributed by atoms with E-state index in [0.29, 0.717) is 11.1 Å². The largest absolute Gasteiger partial charge is 0.495 e. The van der Waals surface area contributed by atoms with Crippen molar-refractivity contribution in [3.05, 3.63) is 48.4 Å². The van der Waals surface area contributed by atoms with Crippen LogP contribution in [0.5, 0.6) is 5.75 Å². The van der Waals surface area contributed by atoms with E-state index in [0.717, 1.165) is 50.2 Å². The van der Waals surface area contributed by atoms with Crippen LogP contribution < -0.4 is 15.0 Å². The van der Waals surface area contributed by atoms with Crippen LogP contribution in [0.2, 0.25) is 0 Å². The smallest absolute Gasteiger partial charge is 0.208 e. The predicted molar refractivity (Wildman–Crippen MR) is 114 cm³/mol. The van der Waals surface area contributed by atoms with Gasteiger partial charge in [0.1, 0.15) is 11.6 Å². The molecule has 5 rings (SSSR count). The molecule has 0 amide bonds. The minimum absolute atomic E-state index is 0.153. The van der Waals surface area contributed by atoms with Gasteiger partial charge in [0.15, 0.2) is 0 Å². The Bertz CT molecular complexity index is 1210. The molecule has 1 N–H and O–H groups in total. The van der Waals surface area contributed by atoms with E-state index in [2.05, 4.69) is 10.2 Å². The normalized spacial score (nSPS) is 17.5. The summed E-state index contributed by atoms with van der Waals surface area (Å²) in [7, 11) is -2.25. The molecule has 2 aliphatic rings. The number of rotatable bonds is 5. The van der Waals surface area contributed by atoms with Crippen LogP contribution in [0.4, 0.5) is 10.1 Å². The first kappa shape index (κ1) is 19.4. The number of ether oxygens (including phenoxy) is 1. The van der Waals surface area contributed by atoms with E-state index in [4.69, 9.17) is 4.74 Å². The van der Waals surface area contributed by atoms with Crippen LogP contribution in [0.25, 0.3) is 10.9 Å². The van der Waals surface area contributed by atoms with Gasteiger partial charge in [-0.15, -0.1) is 0 Å². The molecule has 0 bridgehead atoms. The van der Waals surface area contributed by atoms with Crippen molar-refractivity contribution in [3.63, 3.8) is 0 Å². The van der Waals surface area contributed by atoms with Gasteiger partial charge < -0.3 is 19.5 Å². The van der Waals surface area contributed by atoms with E-state index in [1.165, 1.54) is 12.1 Å². The molecule has 6 nitrogen and oxygen atoms in total. The molecule has 30 heavy (non-hydrogen) atoms. The Labute approximate surface area is 175 Å². The van der Waals surface area contributed by atoms with Crippen molar-refractivity contribution in [1.29, 1.82) is 0 Å². The lowest BCUT2D eigenvalue weighted by Crippen LogP contribution is -2.43. The molecule has 0 atom stereocenters. The second-order valence-electron chi connectivity index (χ2n) is 7.87. The summed E-state index contributed by atoms with van der Waals surface area (Å²) in [6.45, 7) is 3.20. The Balaban J connectivity index is 1.64. The molecule has 1 saturated heterocycles. The Morgan fingerprint density at radius 2 is 1.87 bits per heavy atom. The number of hydrogen-bond donors (Lipinski definition) is 1. The molecular formula is C22H24FN3O3S. The van der Waals surface area contributed by atoms with Crippen LogP contribution in [-0.4, -0.2) is 46.3 Å². The lowest BCUT2D eigenvalue weighted by atomic mass is 10.2. The number of fused-ring (bicyclic) bond motifs is 1. The number of anilines is 1. The van der Waals surface area contributed by atoms with Crippen molar-refractivity contribution in [2.45, 2.75) is 28.7 Å². The SMILES string of the molecule is COc1ccc(S(=O)(=O)c2cn(C3CC3)c3ccc(F)cc23)cc1N1CCNCC1. The fraction of sp³-hybridized carbons (Fsp3) is 0.364. The number of hydrogen-bond acceptors (Lipinski definition) is 5. The van der Waals surface area contributed by atoms with E-state index in [-0.39, 0.29) is 15.8 Å². The second-order valence-corrected chi connectivity index (χ2v) is 9.79. The van der Waals surface area contributed by atoms with Crippen LogP contribution in [0, 0.1) is 5.82 Å². The topological polar surface area (TPSA) is 63.6 Å². The zero-order chi connectivity index (χ0) is 20.9. The molecular weight excluding hydrogens is 405 g/mol. The van der Waals surface area contributed by atoms with Crippen LogP contribution in [-0.2, 0) is 9.84 Å². The van der Waals surface area contributed by atoms with Gasteiger partial charge in [0.25, 0.3) is 0 Å². The van der Waals surface area contributed by atoms with Gasteiger partial charge in [-0.2, -0.15) is 0 Å². The number of methoxy groups -OCH3 is 1. The molecule has 3 aromatic rings. The second kappa shape index (κ2) is 7.28. The Morgan fingerprint density at radius 1 is 1.10 bits per heavy atom. The molecule has 2 fully saturated rings. The number of nitrogens with one attached hydrogen (secondary N) is 1. The lowest BCUT2D eigenvalue weighted by Gasteiger charge is -2.30. The number of halogens is 1. The number of piperazine rings is 1. The maximum absolute atomic E-state index is 14.0. The number of sulfone groups is 1. The van der Waals surface area contributed by atoms with E-state index >= 15 is 0 Å². The standard InChI is InChI=1S/C22H24FN3O3S/c1-29-21-7-5-17(13-20(21)25-10-8-24-9-11-25)30(27,28)22-14-26(16-3-4-16)19-6-2-15(23)12-18(19)22/h2,5-7,12-14,16,24H,3-4,8-11H2,1H3. The van der Waals surface area contributed by atoms with Gasteiger partial charge in [0.05, 0.1) is 22.6 Å². The third-order valence-corrected chi connectivity index (χ3v) is 7.69. The van der Waals surface area contributed by atoms with Crippen molar-refractivity contribution in [1.82, 2.24) is 9.88 Å². The van der Waals surface area contributed by atoms with Crippen molar-refractivity contribution in [2.75, 3.05) is 38.2 Å². The summed E-state index contributed by atoms with van der Waals surface area (Å²) in [5, 5.41) is 3.73. The minimum atomic E-state index is -3.84. The Morgan fingerprint density at radius 3 is 2.57 bits per heavy atom. The van der Waals surface area contributed by atoms with Crippen molar-refractivity contribution in [2.24, 2.45) is 0 Å². The van der Waals surface area contributed by atoms with Gasteiger partial charge in [-0.1, -0.05) is 0 Å². The third-order valence-electron chi connectivity index (χ3n) is 5.91. The minimum Gasteiger partial charge on any atom is -0.495 e. The van der Waals surface area contributed by atoms with Gasteiger partial charge in [-0.05, 0) is 49.2 Å². The van der Waals surface area contributed by atoms with Gasteiger partial charge in [0.2, 0.25) is 9.84 Å². The third kappa shape index (κ3) is 3.24. The van der Waals surface area contributed by atoms with E-state index < -0.39 is 15.7 Å². The molecule has 158 valence electrons. The van der Waals surface area contributed by atoms with Crippen LogP contribution in [0.1, 0.15) is 18.9 Å². The van der Waals surface area contributed by atoms with E-state index in [9.17, 15) is 12.8 Å². The zero-order valence-electron chi connectivity index (χ0n) is 16.8. The van der Waals surface area contributed by atoms with Crippen molar-refractivity contribution >= 4 is 26.4 Å².